The van der Waals surface area contributed by atoms with Crippen LogP contribution in [0.3, 0.4) is 0 Å². The zero-order valence-corrected chi connectivity index (χ0v) is 7.92. The summed E-state index contributed by atoms with van der Waals surface area (Å²) in [6, 6.07) is 0. The van der Waals surface area contributed by atoms with Gasteiger partial charge >= 0.3 is 0 Å². The zero-order valence-electron chi connectivity index (χ0n) is 7.92. The standard InChI is InChI=1S/C12H18/c1-2-5-10-8-11-6-3-4-7-12(11)9-10/h3-4,8,11-12H,2,5-7,9H2,1H3. The van der Waals surface area contributed by atoms with E-state index in [-0.39, 0.29) is 0 Å². The Morgan fingerprint density at radius 2 is 2.17 bits per heavy atom. The molecule has 0 saturated heterocycles. The number of hydrogen-bond donors (Lipinski definition) is 0. The Hall–Kier alpha value is -0.520. The smallest absolute Gasteiger partial charge is 0.0162 e. The largest absolute Gasteiger partial charge is 0.0882 e. The molecule has 0 heterocycles. The van der Waals surface area contributed by atoms with Gasteiger partial charge in [0, 0.05) is 0 Å². The van der Waals surface area contributed by atoms with Crippen LogP contribution < -0.4 is 0 Å². The van der Waals surface area contributed by atoms with E-state index in [0.717, 1.165) is 11.8 Å². The quantitative estimate of drug-likeness (QED) is 0.543. The fourth-order valence-corrected chi connectivity index (χ4v) is 2.54. The van der Waals surface area contributed by atoms with E-state index in [2.05, 4.69) is 25.2 Å². The Balaban J connectivity index is 1.98. The van der Waals surface area contributed by atoms with Gasteiger partial charge in [0.15, 0.2) is 0 Å². The SMILES string of the molecule is CCCC1=CC2CC=CCC2C1. The van der Waals surface area contributed by atoms with Crippen LogP contribution in [-0.4, -0.2) is 0 Å². The first-order valence-corrected chi connectivity index (χ1v) is 5.24. The van der Waals surface area contributed by atoms with Gasteiger partial charge in [-0.05, 0) is 37.5 Å². The molecule has 2 aliphatic rings. The average Bonchev–Trinajstić information content (AvgIpc) is 2.47. The summed E-state index contributed by atoms with van der Waals surface area (Å²) in [5.74, 6) is 1.87. The molecule has 2 aliphatic carbocycles. The first-order chi connectivity index (χ1) is 5.90. The Kier molecular flexibility index (Phi) is 2.34. The molecule has 0 amide bonds. The van der Waals surface area contributed by atoms with Crippen molar-refractivity contribution >= 4 is 0 Å². The highest BCUT2D eigenvalue weighted by atomic mass is 14.3. The molecule has 0 spiro atoms. The van der Waals surface area contributed by atoms with Crippen LogP contribution >= 0.6 is 0 Å². The van der Waals surface area contributed by atoms with Crippen molar-refractivity contribution in [1.82, 2.24) is 0 Å². The summed E-state index contributed by atoms with van der Waals surface area (Å²) in [7, 11) is 0. The van der Waals surface area contributed by atoms with E-state index in [1.165, 1.54) is 32.1 Å². The van der Waals surface area contributed by atoms with Crippen molar-refractivity contribution in [3.63, 3.8) is 0 Å². The van der Waals surface area contributed by atoms with Crippen LogP contribution in [-0.2, 0) is 0 Å². The average molecular weight is 162 g/mol. The van der Waals surface area contributed by atoms with E-state index in [1.54, 1.807) is 5.57 Å². The molecule has 66 valence electrons. The molecule has 0 fully saturated rings. The predicted molar refractivity (Wildman–Crippen MR) is 53.0 cm³/mol. The molecule has 0 N–H and O–H groups in total. The number of fused-ring (bicyclic) bond motifs is 1. The Labute approximate surface area is 75.4 Å². The third-order valence-corrected chi connectivity index (χ3v) is 3.16. The molecular formula is C12H18. The molecule has 0 aromatic carbocycles. The topological polar surface area (TPSA) is 0 Å². The molecule has 0 aromatic heterocycles. The molecule has 2 rings (SSSR count). The number of allylic oxidation sites excluding steroid dienone is 4. The van der Waals surface area contributed by atoms with Crippen molar-refractivity contribution in [3.8, 4) is 0 Å². The van der Waals surface area contributed by atoms with Crippen molar-refractivity contribution < 1.29 is 0 Å². The minimum absolute atomic E-state index is 0.900. The second kappa shape index (κ2) is 3.47. The van der Waals surface area contributed by atoms with Crippen molar-refractivity contribution in [2.24, 2.45) is 11.8 Å². The van der Waals surface area contributed by atoms with E-state index in [9.17, 15) is 0 Å². The number of rotatable bonds is 2. The van der Waals surface area contributed by atoms with Crippen LogP contribution in [0.1, 0.15) is 39.0 Å². The molecule has 2 unspecified atom stereocenters. The fraction of sp³-hybridized carbons (Fsp3) is 0.667. The highest BCUT2D eigenvalue weighted by molar-refractivity contribution is 5.17. The van der Waals surface area contributed by atoms with Crippen LogP contribution in [0.2, 0.25) is 0 Å². The van der Waals surface area contributed by atoms with Gasteiger partial charge in [0.2, 0.25) is 0 Å². The van der Waals surface area contributed by atoms with E-state index in [1.807, 2.05) is 0 Å². The lowest BCUT2D eigenvalue weighted by atomic mass is 9.85. The Morgan fingerprint density at radius 1 is 1.33 bits per heavy atom. The van der Waals surface area contributed by atoms with Gasteiger partial charge in [0.1, 0.15) is 0 Å². The summed E-state index contributed by atoms with van der Waals surface area (Å²) < 4.78 is 0. The first kappa shape index (κ1) is 8.10. The lowest BCUT2D eigenvalue weighted by Crippen LogP contribution is -2.09. The van der Waals surface area contributed by atoms with Gasteiger partial charge in [-0.1, -0.05) is 37.1 Å². The normalized spacial score (nSPS) is 33.2. The minimum atomic E-state index is 0.900. The molecule has 2 atom stereocenters. The maximum atomic E-state index is 2.55. The molecule has 0 saturated carbocycles. The van der Waals surface area contributed by atoms with E-state index in [4.69, 9.17) is 0 Å². The second-order valence-electron chi connectivity index (χ2n) is 4.15. The van der Waals surface area contributed by atoms with Gasteiger partial charge in [0.05, 0.1) is 0 Å². The monoisotopic (exact) mass is 162 g/mol. The van der Waals surface area contributed by atoms with Crippen LogP contribution in [0.15, 0.2) is 23.8 Å². The lowest BCUT2D eigenvalue weighted by Gasteiger charge is -2.19. The van der Waals surface area contributed by atoms with Gasteiger partial charge < -0.3 is 0 Å². The Bertz CT molecular complexity index is 210. The van der Waals surface area contributed by atoms with Gasteiger partial charge in [-0.25, -0.2) is 0 Å². The van der Waals surface area contributed by atoms with E-state index < -0.39 is 0 Å². The summed E-state index contributed by atoms with van der Waals surface area (Å²) in [6.07, 6.45) is 14.0. The van der Waals surface area contributed by atoms with Crippen LogP contribution in [0.25, 0.3) is 0 Å². The fourth-order valence-electron chi connectivity index (χ4n) is 2.54. The molecule has 0 radical (unpaired) electrons. The van der Waals surface area contributed by atoms with Crippen molar-refractivity contribution in [3.05, 3.63) is 23.8 Å². The van der Waals surface area contributed by atoms with Crippen LogP contribution in [0, 0.1) is 11.8 Å². The molecule has 12 heavy (non-hydrogen) atoms. The van der Waals surface area contributed by atoms with Crippen molar-refractivity contribution in [1.29, 1.82) is 0 Å². The summed E-state index contributed by atoms with van der Waals surface area (Å²) in [6.45, 7) is 2.28. The van der Waals surface area contributed by atoms with Crippen molar-refractivity contribution in [2.75, 3.05) is 0 Å². The highest BCUT2D eigenvalue weighted by Crippen LogP contribution is 2.39. The van der Waals surface area contributed by atoms with E-state index >= 15 is 0 Å². The molecule has 0 nitrogen and oxygen atoms in total. The number of hydrogen-bond acceptors (Lipinski definition) is 0. The van der Waals surface area contributed by atoms with Crippen molar-refractivity contribution in [2.45, 2.75) is 39.0 Å². The summed E-state index contributed by atoms with van der Waals surface area (Å²) >= 11 is 0. The second-order valence-corrected chi connectivity index (χ2v) is 4.15. The third-order valence-electron chi connectivity index (χ3n) is 3.16. The molecule has 0 bridgehead atoms. The first-order valence-electron chi connectivity index (χ1n) is 5.24. The van der Waals surface area contributed by atoms with Gasteiger partial charge in [-0.15, -0.1) is 0 Å². The molecule has 0 aliphatic heterocycles. The van der Waals surface area contributed by atoms with Crippen LogP contribution in [0.5, 0.6) is 0 Å². The predicted octanol–water partition coefficient (Wildman–Crippen LogP) is 3.70. The summed E-state index contributed by atoms with van der Waals surface area (Å²) in [5, 5.41) is 0. The minimum Gasteiger partial charge on any atom is -0.0882 e. The van der Waals surface area contributed by atoms with Gasteiger partial charge in [-0.2, -0.15) is 0 Å². The maximum absolute atomic E-state index is 2.55. The summed E-state index contributed by atoms with van der Waals surface area (Å²) in [4.78, 5) is 0. The summed E-state index contributed by atoms with van der Waals surface area (Å²) in [5.41, 5.74) is 1.73. The third kappa shape index (κ3) is 1.48. The van der Waals surface area contributed by atoms with Crippen LogP contribution in [0.4, 0.5) is 0 Å². The van der Waals surface area contributed by atoms with E-state index in [0.29, 0.717) is 0 Å². The maximum Gasteiger partial charge on any atom is -0.0162 e. The van der Waals surface area contributed by atoms with Gasteiger partial charge in [-0.3, -0.25) is 0 Å². The molecule has 0 heteroatoms. The zero-order chi connectivity index (χ0) is 8.39. The Morgan fingerprint density at radius 3 is 2.92 bits per heavy atom. The van der Waals surface area contributed by atoms with Gasteiger partial charge in [0.25, 0.3) is 0 Å². The molecular weight excluding hydrogens is 144 g/mol. The lowest BCUT2D eigenvalue weighted by molar-refractivity contribution is 0.411. The highest BCUT2D eigenvalue weighted by Gasteiger charge is 2.26. The molecule has 0 aromatic rings.